The highest BCUT2D eigenvalue weighted by molar-refractivity contribution is 5.69. The van der Waals surface area contributed by atoms with Crippen LogP contribution in [0, 0.1) is 12.8 Å². The Hall–Kier alpha value is -1.39. The normalized spacial score (nSPS) is 12.7. The lowest BCUT2D eigenvalue weighted by atomic mass is 10.1. The lowest BCUT2D eigenvalue weighted by Crippen LogP contribution is -2.37. The minimum atomic E-state index is -0.654. The first-order valence-corrected chi connectivity index (χ1v) is 8.52. The quantitative estimate of drug-likeness (QED) is 0.673. The molecule has 1 aromatic carbocycles. The molecule has 0 aromatic heterocycles. The highest BCUT2D eigenvalue weighted by atomic mass is 16.5. The number of benzene rings is 1. The van der Waals surface area contributed by atoms with Gasteiger partial charge in [-0.05, 0) is 30.4 Å². The molecule has 0 saturated heterocycles. The molecule has 0 aliphatic carbocycles. The van der Waals surface area contributed by atoms with Gasteiger partial charge in [0.2, 0.25) is 0 Å². The number of ether oxygens (including phenoxy) is 1. The predicted molar refractivity (Wildman–Crippen MR) is 93.2 cm³/mol. The van der Waals surface area contributed by atoms with Crippen molar-refractivity contribution in [2.45, 2.75) is 53.2 Å². The van der Waals surface area contributed by atoms with Gasteiger partial charge in [0.05, 0.1) is 0 Å². The molecular weight excluding hydrogens is 290 g/mol. The van der Waals surface area contributed by atoms with Crippen LogP contribution >= 0.6 is 0 Å². The highest BCUT2D eigenvalue weighted by Gasteiger charge is 2.16. The Kier molecular flexibility index (Phi) is 8.89. The molecular formula is C19H31NO3. The van der Waals surface area contributed by atoms with Gasteiger partial charge in [0.1, 0.15) is 12.7 Å². The third kappa shape index (κ3) is 8.14. The molecule has 0 heterocycles. The lowest BCUT2D eigenvalue weighted by Gasteiger charge is -2.27. The number of hydrogen-bond donors (Lipinski definition) is 1. The average molecular weight is 321 g/mol. The van der Waals surface area contributed by atoms with Crippen LogP contribution in [0.4, 0.5) is 0 Å². The standard InChI is InChI=1S/C19H31NO3/c1-5-8-19(22)23-14-18(21)13-20(11-15(2)3)12-17-10-7-6-9-16(17)4/h6-7,9-10,15,18,21H,5,8,11-14H2,1-4H3/t18-/m1/s1. The van der Waals surface area contributed by atoms with Crippen molar-refractivity contribution in [3.63, 3.8) is 0 Å². The third-order valence-corrected chi connectivity index (χ3v) is 3.64. The summed E-state index contributed by atoms with van der Waals surface area (Å²) in [5.41, 5.74) is 2.52. The van der Waals surface area contributed by atoms with Crippen LogP contribution in [0.5, 0.6) is 0 Å². The van der Waals surface area contributed by atoms with E-state index in [0.29, 0.717) is 18.9 Å². The molecule has 0 amide bonds. The maximum absolute atomic E-state index is 11.4. The maximum Gasteiger partial charge on any atom is 0.305 e. The van der Waals surface area contributed by atoms with Crippen LogP contribution in [0.15, 0.2) is 24.3 Å². The van der Waals surface area contributed by atoms with Gasteiger partial charge in [-0.3, -0.25) is 9.69 Å². The first kappa shape index (κ1) is 19.7. The molecule has 0 radical (unpaired) electrons. The number of aliphatic hydroxyl groups excluding tert-OH is 1. The zero-order valence-corrected chi connectivity index (χ0v) is 14.9. The van der Waals surface area contributed by atoms with E-state index in [9.17, 15) is 9.90 Å². The number of carbonyl (C=O) groups is 1. The molecule has 1 rings (SSSR count). The Morgan fingerprint density at radius 2 is 1.96 bits per heavy atom. The molecule has 1 aromatic rings. The zero-order valence-electron chi connectivity index (χ0n) is 14.9. The number of hydrogen-bond acceptors (Lipinski definition) is 4. The molecule has 0 bridgehead atoms. The second-order valence-corrected chi connectivity index (χ2v) is 6.60. The van der Waals surface area contributed by atoms with Gasteiger partial charge < -0.3 is 9.84 Å². The smallest absolute Gasteiger partial charge is 0.305 e. The third-order valence-electron chi connectivity index (χ3n) is 3.64. The van der Waals surface area contributed by atoms with Crippen LogP contribution in [0.2, 0.25) is 0 Å². The monoisotopic (exact) mass is 321 g/mol. The van der Waals surface area contributed by atoms with Gasteiger partial charge in [0.15, 0.2) is 0 Å². The zero-order chi connectivity index (χ0) is 17.2. The number of nitrogens with zero attached hydrogens (tertiary/aromatic N) is 1. The summed E-state index contributed by atoms with van der Waals surface area (Å²) < 4.78 is 5.11. The molecule has 1 N–H and O–H groups in total. The van der Waals surface area contributed by atoms with E-state index in [1.165, 1.54) is 11.1 Å². The Bertz CT molecular complexity index is 473. The molecule has 0 saturated carbocycles. The molecule has 0 spiro atoms. The average Bonchev–Trinajstić information content (AvgIpc) is 2.47. The van der Waals surface area contributed by atoms with Crippen molar-refractivity contribution in [2.75, 3.05) is 19.7 Å². The van der Waals surface area contributed by atoms with Gasteiger partial charge in [-0.25, -0.2) is 0 Å². The van der Waals surface area contributed by atoms with Gasteiger partial charge >= 0.3 is 5.97 Å². The van der Waals surface area contributed by atoms with E-state index < -0.39 is 6.10 Å². The van der Waals surface area contributed by atoms with Crippen LogP contribution in [-0.2, 0) is 16.1 Å². The molecule has 0 aliphatic heterocycles. The minimum Gasteiger partial charge on any atom is -0.463 e. The van der Waals surface area contributed by atoms with Crippen LogP contribution in [0.3, 0.4) is 0 Å². The van der Waals surface area contributed by atoms with E-state index in [1.807, 2.05) is 19.1 Å². The Morgan fingerprint density at radius 1 is 1.26 bits per heavy atom. The van der Waals surface area contributed by atoms with E-state index in [2.05, 4.69) is 37.8 Å². The van der Waals surface area contributed by atoms with Crippen molar-refractivity contribution in [3.05, 3.63) is 35.4 Å². The van der Waals surface area contributed by atoms with Crippen molar-refractivity contribution < 1.29 is 14.6 Å². The minimum absolute atomic E-state index is 0.0706. The molecule has 0 fully saturated rings. The maximum atomic E-state index is 11.4. The van der Waals surface area contributed by atoms with E-state index in [0.717, 1.165) is 19.5 Å². The van der Waals surface area contributed by atoms with Crippen LogP contribution in [0.1, 0.15) is 44.7 Å². The number of rotatable bonds is 10. The largest absolute Gasteiger partial charge is 0.463 e. The van der Waals surface area contributed by atoms with E-state index in [1.54, 1.807) is 0 Å². The lowest BCUT2D eigenvalue weighted by molar-refractivity contribution is -0.147. The first-order valence-electron chi connectivity index (χ1n) is 8.52. The van der Waals surface area contributed by atoms with E-state index >= 15 is 0 Å². The van der Waals surface area contributed by atoms with Crippen LogP contribution in [-0.4, -0.2) is 41.8 Å². The summed E-state index contributed by atoms with van der Waals surface area (Å²) in [6.45, 7) is 10.6. The van der Waals surface area contributed by atoms with Gasteiger partial charge in [-0.2, -0.15) is 0 Å². The van der Waals surface area contributed by atoms with Gasteiger partial charge in [0, 0.05) is 26.1 Å². The topological polar surface area (TPSA) is 49.8 Å². The number of carbonyl (C=O) groups excluding carboxylic acids is 1. The van der Waals surface area contributed by atoms with Crippen molar-refractivity contribution in [1.82, 2.24) is 4.90 Å². The molecule has 0 aliphatic rings. The summed E-state index contributed by atoms with van der Waals surface area (Å²) in [5.74, 6) is 0.273. The van der Waals surface area contributed by atoms with E-state index in [-0.39, 0.29) is 12.6 Å². The summed E-state index contributed by atoms with van der Waals surface area (Å²) in [7, 11) is 0. The number of aliphatic hydroxyl groups is 1. The molecule has 1 atom stereocenters. The van der Waals surface area contributed by atoms with Gasteiger partial charge in [-0.1, -0.05) is 45.0 Å². The van der Waals surface area contributed by atoms with Crippen molar-refractivity contribution >= 4 is 5.97 Å². The van der Waals surface area contributed by atoms with Crippen LogP contribution < -0.4 is 0 Å². The summed E-state index contributed by atoms with van der Waals surface area (Å²) in [4.78, 5) is 13.6. The van der Waals surface area contributed by atoms with Crippen molar-refractivity contribution in [1.29, 1.82) is 0 Å². The Morgan fingerprint density at radius 3 is 2.57 bits per heavy atom. The second-order valence-electron chi connectivity index (χ2n) is 6.60. The van der Waals surface area contributed by atoms with Crippen LogP contribution in [0.25, 0.3) is 0 Å². The van der Waals surface area contributed by atoms with Gasteiger partial charge in [0.25, 0.3) is 0 Å². The van der Waals surface area contributed by atoms with Crippen molar-refractivity contribution in [3.8, 4) is 0 Å². The Balaban J connectivity index is 2.57. The highest BCUT2D eigenvalue weighted by Crippen LogP contribution is 2.12. The van der Waals surface area contributed by atoms with E-state index in [4.69, 9.17) is 4.74 Å². The number of esters is 1. The molecule has 130 valence electrons. The van der Waals surface area contributed by atoms with Gasteiger partial charge in [-0.15, -0.1) is 0 Å². The molecule has 0 unspecified atom stereocenters. The summed E-state index contributed by atoms with van der Waals surface area (Å²) >= 11 is 0. The fourth-order valence-corrected chi connectivity index (χ4v) is 2.56. The Labute approximate surface area is 140 Å². The summed E-state index contributed by atoms with van der Waals surface area (Å²) in [6.07, 6.45) is 0.520. The molecule has 4 heteroatoms. The fraction of sp³-hybridized carbons (Fsp3) is 0.632. The van der Waals surface area contributed by atoms with Crippen molar-refractivity contribution in [2.24, 2.45) is 5.92 Å². The molecule has 23 heavy (non-hydrogen) atoms. The number of aryl methyl sites for hydroxylation is 1. The second kappa shape index (κ2) is 10.4. The molecule has 4 nitrogen and oxygen atoms in total. The first-order chi connectivity index (χ1) is 10.9. The summed E-state index contributed by atoms with van der Waals surface area (Å²) in [6, 6.07) is 8.30. The SMILES string of the molecule is CCCC(=O)OC[C@H](O)CN(Cc1ccccc1C)CC(C)C. The fourth-order valence-electron chi connectivity index (χ4n) is 2.56. The predicted octanol–water partition coefficient (Wildman–Crippen LogP) is 3.16. The summed E-state index contributed by atoms with van der Waals surface area (Å²) in [5, 5.41) is 10.2.